The number of benzene rings is 8. The van der Waals surface area contributed by atoms with Crippen LogP contribution in [0.4, 0.5) is 4.39 Å². The molecule has 349 valence electrons. The molecule has 1 radical (unpaired) electrons. The topological polar surface area (TPSA) is 61.7 Å². The van der Waals surface area contributed by atoms with E-state index in [2.05, 4.69) is 196 Å². The zero-order valence-electron chi connectivity index (χ0n) is 40.5. The SMILES string of the molecule is CC(C)c1cc(-c2ccccc2)cc(C(C)C)c1-n1c(-c2[c-]ccc3c2oc2cc4c(ccc5ccccc54)cc23)nc2ccc3ncn(C)c3c21.C[Si](C)(C)c1ccc(-c2[c-]cc(F)cc2)nc1.[Ir]. The van der Waals surface area contributed by atoms with Gasteiger partial charge in [-0.15, -0.1) is 48.0 Å². The second kappa shape index (κ2) is 18.4. The summed E-state index contributed by atoms with van der Waals surface area (Å²) >= 11 is 0. The molecule has 9 heteroatoms. The quantitative estimate of drug-likeness (QED) is 0.0906. The standard InChI is InChI=1S/C47H37N4O.C14H15FNSi.Ir/c1-27(2)36-23-32(29-12-7-6-8-13-29)24-37(28(3)4)43(36)51-45-41(21-20-40-44(45)50(5)26-48-40)49-47(51)35-17-11-16-34-39-22-31-19-18-30-14-9-10-15-33(30)38(31)25-42(39)52-46(34)35;1-17(2,3)13-8-9-14(16-10-13)11-4-6-12(15)7-5-11;/h6-16,18-28H,1-5H3;4,6-10H,1-3H3;/q2*-1;. The number of furan rings is 1. The van der Waals surface area contributed by atoms with Crippen molar-refractivity contribution in [1.29, 1.82) is 0 Å². The van der Waals surface area contributed by atoms with Gasteiger partial charge in [-0.2, -0.15) is 0 Å². The fourth-order valence-electron chi connectivity index (χ4n) is 9.77. The molecule has 0 unspecified atom stereocenters. The van der Waals surface area contributed by atoms with Crippen LogP contribution in [0.5, 0.6) is 0 Å². The molecule has 70 heavy (non-hydrogen) atoms. The molecule has 0 atom stereocenters. The van der Waals surface area contributed by atoms with E-state index >= 15 is 0 Å². The van der Waals surface area contributed by atoms with Gasteiger partial charge in [-0.3, -0.25) is 9.37 Å². The largest absolute Gasteiger partial charge is 0.501 e. The summed E-state index contributed by atoms with van der Waals surface area (Å²) in [7, 11) is 0.768. The fourth-order valence-corrected chi connectivity index (χ4v) is 10.8. The number of pyridine rings is 1. The van der Waals surface area contributed by atoms with Crippen molar-refractivity contribution in [3.05, 3.63) is 187 Å². The van der Waals surface area contributed by atoms with Gasteiger partial charge in [0.25, 0.3) is 0 Å². The molecular weight excluding hydrogens is 1060 g/mol. The second-order valence-electron chi connectivity index (χ2n) is 19.8. The molecule has 0 fully saturated rings. The van der Waals surface area contributed by atoms with Gasteiger partial charge in [0.15, 0.2) is 0 Å². The van der Waals surface area contributed by atoms with Crippen molar-refractivity contribution >= 4 is 78.8 Å². The maximum Gasteiger partial charge on any atom is 0.121 e. The van der Waals surface area contributed by atoms with Crippen LogP contribution in [0, 0.1) is 17.9 Å². The van der Waals surface area contributed by atoms with Crippen molar-refractivity contribution in [2.24, 2.45) is 7.05 Å². The molecule has 8 aromatic carbocycles. The summed E-state index contributed by atoms with van der Waals surface area (Å²) in [5.74, 6) is 1.01. The van der Waals surface area contributed by atoms with Gasteiger partial charge in [0.2, 0.25) is 0 Å². The van der Waals surface area contributed by atoms with Gasteiger partial charge in [-0.1, -0.05) is 137 Å². The first-order valence-electron chi connectivity index (χ1n) is 23.7. The molecule has 0 N–H and O–H groups in total. The molecule has 0 saturated carbocycles. The third-order valence-electron chi connectivity index (χ3n) is 13.4. The van der Waals surface area contributed by atoms with Crippen LogP contribution in [0.15, 0.2) is 163 Å². The first kappa shape index (κ1) is 46.7. The number of nitrogens with zero attached hydrogens (tertiary/aromatic N) is 5. The number of hydrogen-bond donors (Lipinski definition) is 0. The van der Waals surface area contributed by atoms with Gasteiger partial charge in [0.05, 0.1) is 47.9 Å². The average Bonchev–Trinajstić information content (AvgIpc) is 4.05. The number of fused-ring (bicyclic) bond motifs is 9. The molecule has 0 aliphatic heterocycles. The molecule has 4 heterocycles. The smallest absolute Gasteiger partial charge is 0.121 e. The Bertz CT molecular complexity index is 3870. The van der Waals surface area contributed by atoms with E-state index in [1.165, 1.54) is 61.1 Å². The summed E-state index contributed by atoms with van der Waals surface area (Å²) in [4.78, 5) is 14.7. The van der Waals surface area contributed by atoms with E-state index in [0.717, 1.165) is 72.3 Å². The molecule has 0 saturated heterocycles. The van der Waals surface area contributed by atoms with E-state index < -0.39 is 8.07 Å². The van der Waals surface area contributed by atoms with Crippen LogP contribution < -0.4 is 5.19 Å². The number of aryl methyl sites for hydroxylation is 1. The van der Waals surface area contributed by atoms with Crippen molar-refractivity contribution in [3.63, 3.8) is 0 Å². The molecule has 0 aliphatic rings. The number of aromatic nitrogens is 5. The van der Waals surface area contributed by atoms with Crippen LogP contribution in [0.3, 0.4) is 0 Å². The van der Waals surface area contributed by atoms with Crippen LogP contribution in [0.2, 0.25) is 19.6 Å². The Morgan fingerprint density at radius 3 is 2.07 bits per heavy atom. The van der Waals surface area contributed by atoms with Gasteiger partial charge < -0.3 is 18.5 Å². The number of halogens is 1. The Morgan fingerprint density at radius 1 is 0.643 bits per heavy atom. The van der Waals surface area contributed by atoms with Crippen molar-refractivity contribution in [3.8, 4) is 39.5 Å². The summed E-state index contributed by atoms with van der Waals surface area (Å²) < 4.78 is 24.2. The Labute approximate surface area is 422 Å². The molecule has 0 bridgehead atoms. The van der Waals surface area contributed by atoms with Crippen LogP contribution >= 0.6 is 0 Å². The number of rotatable bonds is 7. The normalized spacial score (nSPS) is 11.9. The van der Waals surface area contributed by atoms with E-state index in [1.54, 1.807) is 6.07 Å². The van der Waals surface area contributed by atoms with Gasteiger partial charge in [0.1, 0.15) is 5.58 Å². The molecule has 6 nitrogen and oxygen atoms in total. The average molecular weight is 1110 g/mol. The Morgan fingerprint density at radius 2 is 1.37 bits per heavy atom. The predicted octanol–water partition coefficient (Wildman–Crippen LogP) is 15.7. The van der Waals surface area contributed by atoms with Gasteiger partial charge >= 0.3 is 0 Å². The molecule has 4 aromatic heterocycles. The molecule has 12 rings (SSSR count). The van der Waals surface area contributed by atoms with E-state index in [9.17, 15) is 4.39 Å². The predicted molar refractivity (Wildman–Crippen MR) is 287 cm³/mol. The summed E-state index contributed by atoms with van der Waals surface area (Å²) in [6.07, 6.45) is 3.82. The summed E-state index contributed by atoms with van der Waals surface area (Å²) in [5, 5.41) is 8.27. The number of imidazole rings is 2. The van der Waals surface area contributed by atoms with E-state index in [4.69, 9.17) is 14.4 Å². The first-order valence-corrected chi connectivity index (χ1v) is 27.2. The zero-order chi connectivity index (χ0) is 47.7. The van der Waals surface area contributed by atoms with Crippen molar-refractivity contribution in [1.82, 2.24) is 24.1 Å². The summed E-state index contributed by atoms with van der Waals surface area (Å²) in [6, 6.07) is 56.3. The minimum absolute atomic E-state index is 0. The van der Waals surface area contributed by atoms with Crippen LogP contribution in [-0.2, 0) is 27.2 Å². The first-order chi connectivity index (χ1) is 33.3. The fraction of sp³-hybridized carbons (Fsp3) is 0.164. The van der Waals surface area contributed by atoms with E-state index in [-0.39, 0.29) is 37.8 Å². The zero-order valence-corrected chi connectivity index (χ0v) is 43.9. The molecule has 0 spiro atoms. The van der Waals surface area contributed by atoms with E-state index in [1.807, 2.05) is 24.7 Å². The third-order valence-corrected chi connectivity index (χ3v) is 15.5. The van der Waals surface area contributed by atoms with Crippen molar-refractivity contribution in [2.45, 2.75) is 59.2 Å². The van der Waals surface area contributed by atoms with Crippen LogP contribution in [0.1, 0.15) is 50.7 Å². The van der Waals surface area contributed by atoms with Crippen LogP contribution in [-0.4, -0.2) is 32.2 Å². The van der Waals surface area contributed by atoms with Crippen molar-refractivity contribution in [2.75, 3.05) is 0 Å². The van der Waals surface area contributed by atoms with Gasteiger partial charge in [0, 0.05) is 50.2 Å². The summed E-state index contributed by atoms with van der Waals surface area (Å²) in [5.41, 5.74) is 14.2. The maximum atomic E-state index is 12.8. The molecule has 0 aliphatic carbocycles. The van der Waals surface area contributed by atoms with Crippen molar-refractivity contribution < 1.29 is 28.9 Å². The van der Waals surface area contributed by atoms with E-state index in [0.29, 0.717) is 0 Å². The van der Waals surface area contributed by atoms with Gasteiger partial charge in [-0.05, 0) is 103 Å². The minimum Gasteiger partial charge on any atom is -0.501 e. The van der Waals surface area contributed by atoms with Crippen LogP contribution in [0.25, 0.3) is 105 Å². The summed E-state index contributed by atoms with van der Waals surface area (Å²) in [6.45, 7) is 16.0. The second-order valence-corrected chi connectivity index (χ2v) is 24.8. The molecule has 12 aromatic rings. The third kappa shape index (κ3) is 8.25. The monoisotopic (exact) mass is 1110 g/mol. The van der Waals surface area contributed by atoms with Gasteiger partial charge in [-0.25, -0.2) is 4.98 Å². The Balaban J connectivity index is 0.000000268. The molecule has 0 amide bonds. The molecular formula is C61H52FIrN5OSi-2. The maximum absolute atomic E-state index is 12.8. The Hall–Kier alpha value is -7.03. The Kier molecular flexibility index (Phi) is 12.3. The minimum atomic E-state index is -1.30. The number of hydrogen-bond acceptors (Lipinski definition) is 4.